The lowest BCUT2D eigenvalue weighted by Gasteiger charge is -2.33. The SMILES string of the molecule is COc1ccc2c(c1)[C@@H](NC(=O)c1c(Oc3cccc(C(F)(F)F)c3)nnc3ccccc13)[C@@H](OC)CC2. The lowest BCUT2D eigenvalue weighted by Crippen LogP contribution is -2.40. The maximum atomic E-state index is 13.9. The third kappa shape index (κ3) is 4.99. The van der Waals surface area contributed by atoms with Crippen LogP contribution < -0.4 is 14.8 Å². The van der Waals surface area contributed by atoms with Gasteiger partial charge in [-0.15, -0.1) is 10.2 Å². The van der Waals surface area contributed by atoms with Gasteiger partial charge in [0.25, 0.3) is 11.8 Å². The van der Waals surface area contributed by atoms with E-state index in [1.54, 1.807) is 38.5 Å². The summed E-state index contributed by atoms with van der Waals surface area (Å²) in [6, 6.07) is 16.4. The van der Waals surface area contributed by atoms with Crippen LogP contribution in [0.3, 0.4) is 0 Å². The molecular formula is C28H24F3N3O4. The van der Waals surface area contributed by atoms with Gasteiger partial charge in [-0.1, -0.05) is 30.3 Å². The van der Waals surface area contributed by atoms with Gasteiger partial charge >= 0.3 is 6.18 Å². The first-order chi connectivity index (χ1) is 18.3. The van der Waals surface area contributed by atoms with E-state index in [2.05, 4.69) is 15.5 Å². The first-order valence-electron chi connectivity index (χ1n) is 11.9. The average molecular weight is 524 g/mol. The Balaban J connectivity index is 1.56. The summed E-state index contributed by atoms with van der Waals surface area (Å²) in [4.78, 5) is 13.9. The van der Waals surface area contributed by atoms with Crippen LogP contribution in [0.25, 0.3) is 10.9 Å². The molecule has 3 aromatic carbocycles. The van der Waals surface area contributed by atoms with Crippen LogP contribution >= 0.6 is 0 Å². The van der Waals surface area contributed by atoms with Crippen LogP contribution in [0, 0.1) is 0 Å². The van der Waals surface area contributed by atoms with Crippen molar-refractivity contribution in [2.75, 3.05) is 14.2 Å². The number of aromatic nitrogens is 2. The number of hydrogen-bond donors (Lipinski definition) is 1. The standard InChI is InChI=1S/C28H24F3N3O4/c1-36-18-12-10-16-11-13-23(37-2)25(21(16)15-18)32-26(35)24-20-8-3-4-9-22(20)33-34-27(24)38-19-7-5-6-17(14-19)28(29,30)31/h3-10,12,14-15,23,25H,11,13H2,1-2H3,(H,32,35)/t23-,25+/m0/s1. The smallest absolute Gasteiger partial charge is 0.416 e. The number of nitrogens with zero attached hydrogens (tertiary/aromatic N) is 2. The molecule has 0 bridgehead atoms. The van der Waals surface area contributed by atoms with Gasteiger partial charge in [0.1, 0.15) is 17.1 Å². The Hall–Kier alpha value is -4.18. The Morgan fingerprint density at radius 1 is 0.974 bits per heavy atom. The zero-order valence-electron chi connectivity index (χ0n) is 20.6. The van der Waals surface area contributed by atoms with E-state index in [-0.39, 0.29) is 23.3 Å². The van der Waals surface area contributed by atoms with Gasteiger partial charge in [0.2, 0.25) is 0 Å². The molecule has 0 saturated heterocycles. The molecule has 1 aliphatic rings. The molecule has 1 amide bonds. The van der Waals surface area contributed by atoms with Crippen molar-refractivity contribution in [2.45, 2.75) is 31.2 Å². The number of amides is 1. The van der Waals surface area contributed by atoms with Crippen LogP contribution in [0.5, 0.6) is 17.4 Å². The number of halogens is 3. The van der Waals surface area contributed by atoms with Crippen LogP contribution in [0.4, 0.5) is 13.2 Å². The van der Waals surface area contributed by atoms with E-state index in [9.17, 15) is 18.0 Å². The van der Waals surface area contributed by atoms with E-state index in [1.807, 2.05) is 18.2 Å². The highest BCUT2D eigenvalue weighted by Crippen LogP contribution is 2.37. The fourth-order valence-electron chi connectivity index (χ4n) is 4.70. The number of methoxy groups -OCH3 is 2. The van der Waals surface area contributed by atoms with Crippen molar-refractivity contribution < 1.29 is 32.2 Å². The summed E-state index contributed by atoms with van der Waals surface area (Å²) in [5.41, 5.74) is 1.52. The van der Waals surface area contributed by atoms with E-state index >= 15 is 0 Å². The van der Waals surface area contributed by atoms with E-state index in [4.69, 9.17) is 14.2 Å². The molecule has 196 valence electrons. The Bertz CT molecular complexity index is 1490. The molecule has 1 aromatic heterocycles. The van der Waals surface area contributed by atoms with Crippen molar-refractivity contribution in [1.82, 2.24) is 15.5 Å². The third-order valence-corrected chi connectivity index (χ3v) is 6.59. The number of carbonyl (C=O) groups is 1. The monoisotopic (exact) mass is 523 g/mol. The third-order valence-electron chi connectivity index (χ3n) is 6.59. The Morgan fingerprint density at radius 3 is 2.55 bits per heavy atom. The van der Waals surface area contributed by atoms with Crippen molar-refractivity contribution in [2.24, 2.45) is 0 Å². The molecular weight excluding hydrogens is 499 g/mol. The van der Waals surface area contributed by atoms with Crippen LogP contribution in [0.1, 0.15) is 39.5 Å². The van der Waals surface area contributed by atoms with E-state index in [0.29, 0.717) is 23.1 Å². The minimum atomic E-state index is -4.56. The summed E-state index contributed by atoms with van der Waals surface area (Å²) in [5, 5.41) is 11.7. The average Bonchev–Trinajstić information content (AvgIpc) is 2.92. The maximum absolute atomic E-state index is 13.9. The molecule has 5 rings (SSSR count). The fourth-order valence-corrected chi connectivity index (χ4v) is 4.70. The number of benzene rings is 3. The quantitative estimate of drug-likeness (QED) is 0.340. The number of ether oxygens (including phenoxy) is 3. The van der Waals surface area contributed by atoms with Gasteiger partial charge in [-0.2, -0.15) is 13.2 Å². The number of rotatable bonds is 6. The number of hydrogen-bond acceptors (Lipinski definition) is 6. The number of aryl methyl sites for hydroxylation is 1. The summed E-state index contributed by atoms with van der Waals surface area (Å²) in [6.07, 6.45) is -3.41. The van der Waals surface area contributed by atoms with Crippen molar-refractivity contribution in [3.05, 3.63) is 89.0 Å². The van der Waals surface area contributed by atoms with E-state index in [0.717, 1.165) is 29.7 Å². The van der Waals surface area contributed by atoms with Crippen molar-refractivity contribution in [3.63, 3.8) is 0 Å². The molecule has 0 unspecified atom stereocenters. The van der Waals surface area contributed by atoms with Gasteiger partial charge in [-0.3, -0.25) is 4.79 Å². The summed E-state index contributed by atoms with van der Waals surface area (Å²) < 4.78 is 56.6. The number of carbonyl (C=O) groups excluding carboxylic acids is 1. The van der Waals surface area contributed by atoms with Crippen LogP contribution in [0.2, 0.25) is 0 Å². The second-order valence-corrected chi connectivity index (χ2v) is 8.85. The van der Waals surface area contributed by atoms with Crippen molar-refractivity contribution >= 4 is 16.8 Å². The topological polar surface area (TPSA) is 82.6 Å². The van der Waals surface area contributed by atoms with Gasteiger partial charge < -0.3 is 19.5 Å². The summed E-state index contributed by atoms with van der Waals surface area (Å²) in [6.45, 7) is 0. The Morgan fingerprint density at radius 2 is 1.79 bits per heavy atom. The highest BCUT2D eigenvalue weighted by Gasteiger charge is 2.34. The summed E-state index contributed by atoms with van der Waals surface area (Å²) >= 11 is 0. The first kappa shape index (κ1) is 25.5. The van der Waals surface area contributed by atoms with Crippen LogP contribution in [0.15, 0.2) is 66.7 Å². The van der Waals surface area contributed by atoms with Crippen LogP contribution in [-0.2, 0) is 17.3 Å². The molecule has 10 heteroatoms. The predicted octanol–water partition coefficient (Wildman–Crippen LogP) is 5.88. The Labute approximate surface area is 216 Å². The normalized spacial score (nSPS) is 17.1. The van der Waals surface area contributed by atoms with Gasteiger partial charge in [0.05, 0.1) is 30.3 Å². The molecule has 1 N–H and O–H groups in total. The van der Waals surface area contributed by atoms with Crippen molar-refractivity contribution in [3.8, 4) is 17.4 Å². The second-order valence-electron chi connectivity index (χ2n) is 8.85. The molecule has 0 radical (unpaired) electrons. The minimum absolute atomic E-state index is 0.0536. The van der Waals surface area contributed by atoms with Gasteiger partial charge in [0, 0.05) is 12.5 Å². The van der Waals surface area contributed by atoms with Gasteiger partial charge in [0.15, 0.2) is 0 Å². The molecule has 38 heavy (non-hydrogen) atoms. The van der Waals surface area contributed by atoms with E-state index in [1.165, 1.54) is 12.1 Å². The first-order valence-corrected chi connectivity index (χ1v) is 11.9. The number of nitrogens with one attached hydrogen (secondary N) is 1. The molecule has 0 fully saturated rings. The molecule has 2 atom stereocenters. The highest BCUT2D eigenvalue weighted by molar-refractivity contribution is 6.08. The molecule has 0 aliphatic heterocycles. The van der Waals surface area contributed by atoms with Crippen LogP contribution in [-0.4, -0.2) is 36.4 Å². The minimum Gasteiger partial charge on any atom is -0.497 e. The second kappa shape index (κ2) is 10.3. The summed E-state index contributed by atoms with van der Waals surface area (Å²) in [7, 11) is 3.15. The predicted molar refractivity (Wildman–Crippen MR) is 133 cm³/mol. The zero-order chi connectivity index (χ0) is 26.9. The molecule has 1 aliphatic carbocycles. The number of fused-ring (bicyclic) bond motifs is 2. The van der Waals surface area contributed by atoms with Gasteiger partial charge in [-0.25, -0.2) is 0 Å². The summed E-state index contributed by atoms with van der Waals surface area (Å²) in [5.74, 6) is -0.220. The maximum Gasteiger partial charge on any atom is 0.416 e. The fraction of sp³-hybridized carbons (Fsp3) is 0.250. The molecule has 4 aromatic rings. The van der Waals surface area contributed by atoms with E-state index < -0.39 is 23.7 Å². The lowest BCUT2D eigenvalue weighted by atomic mass is 9.85. The van der Waals surface area contributed by atoms with Crippen molar-refractivity contribution in [1.29, 1.82) is 0 Å². The molecule has 1 heterocycles. The molecule has 0 saturated carbocycles. The zero-order valence-corrected chi connectivity index (χ0v) is 20.6. The Kier molecular flexibility index (Phi) is 6.90. The largest absolute Gasteiger partial charge is 0.497 e. The number of alkyl halides is 3. The lowest BCUT2D eigenvalue weighted by molar-refractivity contribution is -0.137. The molecule has 0 spiro atoms. The molecule has 7 nitrogen and oxygen atoms in total. The van der Waals surface area contributed by atoms with Gasteiger partial charge in [-0.05, 0) is 60.4 Å². The highest BCUT2D eigenvalue weighted by atomic mass is 19.4.